The van der Waals surface area contributed by atoms with Crippen LogP contribution in [0.1, 0.15) is 44.9 Å². The minimum absolute atomic E-state index is 0.0752. The number of hydrogen-bond donors (Lipinski definition) is 1. The lowest BCUT2D eigenvalue weighted by molar-refractivity contribution is 0.263. The summed E-state index contributed by atoms with van der Waals surface area (Å²) in [7, 11) is 0. The van der Waals surface area contributed by atoms with Crippen molar-refractivity contribution >= 4 is 11.8 Å². The highest BCUT2D eigenvalue weighted by molar-refractivity contribution is 7.98. The summed E-state index contributed by atoms with van der Waals surface area (Å²) < 4.78 is 4.13. The Balaban J connectivity index is 2.10. The maximum Gasteiger partial charge on any atom is 0.191 e. The molecule has 0 fully saturated rings. The molecule has 0 aliphatic rings. The first-order valence-electron chi connectivity index (χ1n) is 6.84. The molecule has 2 aromatic heterocycles. The lowest BCUT2D eigenvalue weighted by Crippen LogP contribution is -2.06. The summed E-state index contributed by atoms with van der Waals surface area (Å²) in [5.74, 6) is 2.40. The van der Waals surface area contributed by atoms with Crippen molar-refractivity contribution in [2.24, 2.45) is 0 Å². The van der Waals surface area contributed by atoms with E-state index in [-0.39, 0.29) is 6.61 Å². The van der Waals surface area contributed by atoms with Gasteiger partial charge in [-0.25, -0.2) is 4.98 Å². The van der Waals surface area contributed by atoms with Gasteiger partial charge >= 0.3 is 0 Å². The lowest BCUT2D eigenvalue weighted by Gasteiger charge is -2.11. The zero-order chi connectivity index (χ0) is 14.5. The maximum absolute atomic E-state index is 9.28. The average Bonchev–Trinajstić information content (AvgIpc) is 3.03. The van der Waals surface area contributed by atoms with Crippen molar-refractivity contribution in [3.8, 4) is 0 Å². The molecule has 0 aliphatic carbocycles. The Kier molecular flexibility index (Phi) is 5.19. The molecule has 6 nitrogen and oxygen atoms in total. The molecular formula is C13H21N5OS. The number of aliphatic hydroxyl groups is 1. The van der Waals surface area contributed by atoms with Gasteiger partial charge in [-0.2, -0.15) is 0 Å². The minimum Gasteiger partial charge on any atom is -0.388 e. The third kappa shape index (κ3) is 3.21. The van der Waals surface area contributed by atoms with Crippen molar-refractivity contribution < 1.29 is 5.11 Å². The number of aromatic nitrogens is 5. The van der Waals surface area contributed by atoms with E-state index < -0.39 is 0 Å². The van der Waals surface area contributed by atoms with Crippen LogP contribution in [0.3, 0.4) is 0 Å². The van der Waals surface area contributed by atoms with Gasteiger partial charge in [-0.15, -0.1) is 10.2 Å². The topological polar surface area (TPSA) is 68.8 Å². The van der Waals surface area contributed by atoms with Gasteiger partial charge in [-0.05, 0) is 20.3 Å². The summed E-state index contributed by atoms with van der Waals surface area (Å²) in [6, 6.07) is 0.398. The largest absolute Gasteiger partial charge is 0.388 e. The molecule has 2 heterocycles. The maximum atomic E-state index is 9.28. The first kappa shape index (κ1) is 15.1. The lowest BCUT2D eigenvalue weighted by atomic mass is 10.4. The summed E-state index contributed by atoms with van der Waals surface area (Å²) in [6.07, 6.45) is 4.81. The second kappa shape index (κ2) is 6.90. The molecule has 2 rings (SSSR count). The fraction of sp³-hybridized carbons (Fsp3) is 0.615. The molecule has 2 aromatic rings. The van der Waals surface area contributed by atoms with Gasteiger partial charge in [-0.3, -0.25) is 0 Å². The standard InChI is InChI=1S/C13H21N5OS/c1-4-6-18-11(8-19)15-16-13(18)20-9-12-14-5-7-17(12)10(2)3/h5,7,10,19H,4,6,8-9H2,1-3H3. The van der Waals surface area contributed by atoms with E-state index in [1.54, 1.807) is 11.8 Å². The van der Waals surface area contributed by atoms with Crippen molar-refractivity contribution in [2.75, 3.05) is 0 Å². The second-order valence-electron chi connectivity index (χ2n) is 4.84. The highest BCUT2D eigenvalue weighted by Crippen LogP contribution is 2.23. The van der Waals surface area contributed by atoms with E-state index in [0.29, 0.717) is 11.9 Å². The molecule has 0 unspecified atom stereocenters. The Morgan fingerprint density at radius 2 is 2.10 bits per heavy atom. The molecular weight excluding hydrogens is 274 g/mol. The van der Waals surface area contributed by atoms with Crippen LogP contribution in [-0.4, -0.2) is 29.4 Å². The Labute approximate surface area is 123 Å². The van der Waals surface area contributed by atoms with Crippen LogP contribution in [0.25, 0.3) is 0 Å². The zero-order valence-electron chi connectivity index (χ0n) is 12.2. The van der Waals surface area contributed by atoms with Crippen LogP contribution >= 0.6 is 11.8 Å². The average molecular weight is 295 g/mol. The molecule has 0 saturated carbocycles. The highest BCUT2D eigenvalue weighted by atomic mass is 32.2. The number of rotatable bonds is 7. The number of imidazole rings is 1. The predicted molar refractivity (Wildman–Crippen MR) is 78.4 cm³/mol. The minimum atomic E-state index is -0.0752. The van der Waals surface area contributed by atoms with E-state index in [1.165, 1.54) is 0 Å². The van der Waals surface area contributed by atoms with Crippen LogP contribution in [0, 0.1) is 0 Å². The Hall–Kier alpha value is -1.34. The van der Waals surface area contributed by atoms with Crippen LogP contribution in [0.4, 0.5) is 0 Å². The third-order valence-electron chi connectivity index (χ3n) is 3.02. The molecule has 20 heavy (non-hydrogen) atoms. The first-order valence-corrected chi connectivity index (χ1v) is 7.83. The monoisotopic (exact) mass is 295 g/mol. The van der Waals surface area contributed by atoms with E-state index >= 15 is 0 Å². The first-order chi connectivity index (χ1) is 9.67. The summed E-state index contributed by atoms with van der Waals surface area (Å²) in [5.41, 5.74) is 0. The molecule has 0 atom stereocenters. The normalized spacial score (nSPS) is 11.4. The number of aliphatic hydroxyl groups excluding tert-OH is 1. The third-order valence-corrected chi connectivity index (χ3v) is 3.98. The molecule has 0 aliphatic heterocycles. The van der Waals surface area contributed by atoms with Gasteiger partial charge in [-0.1, -0.05) is 18.7 Å². The van der Waals surface area contributed by atoms with Gasteiger partial charge in [0.1, 0.15) is 12.4 Å². The van der Waals surface area contributed by atoms with E-state index in [9.17, 15) is 5.11 Å². The van der Waals surface area contributed by atoms with Crippen LogP contribution in [-0.2, 0) is 18.9 Å². The molecule has 7 heteroatoms. The van der Waals surface area contributed by atoms with Crippen LogP contribution < -0.4 is 0 Å². The smallest absolute Gasteiger partial charge is 0.191 e. The Morgan fingerprint density at radius 3 is 2.75 bits per heavy atom. The van der Waals surface area contributed by atoms with E-state index in [2.05, 4.69) is 40.5 Å². The zero-order valence-corrected chi connectivity index (χ0v) is 13.0. The number of thioether (sulfide) groups is 1. The molecule has 0 spiro atoms. The fourth-order valence-corrected chi connectivity index (χ4v) is 2.98. The van der Waals surface area contributed by atoms with Crippen LogP contribution in [0.15, 0.2) is 17.6 Å². The van der Waals surface area contributed by atoms with E-state index in [4.69, 9.17) is 0 Å². The summed E-state index contributed by atoms with van der Waals surface area (Å²) in [5, 5.41) is 18.3. The highest BCUT2D eigenvalue weighted by Gasteiger charge is 2.13. The van der Waals surface area contributed by atoms with Gasteiger partial charge in [0.15, 0.2) is 11.0 Å². The molecule has 0 radical (unpaired) electrons. The molecule has 0 aromatic carbocycles. The second-order valence-corrected chi connectivity index (χ2v) is 5.78. The van der Waals surface area contributed by atoms with E-state index in [1.807, 2.05) is 17.0 Å². The van der Waals surface area contributed by atoms with Gasteiger partial charge < -0.3 is 14.2 Å². The molecule has 1 N–H and O–H groups in total. The SMILES string of the molecule is CCCn1c(CO)nnc1SCc1nccn1C(C)C. The quantitative estimate of drug-likeness (QED) is 0.793. The van der Waals surface area contributed by atoms with Gasteiger partial charge in [0.25, 0.3) is 0 Å². The van der Waals surface area contributed by atoms with Crippen molar-refractivity contribution in [1.29, 1.82) is 0 Å². The summed E-state index contributed by atoms with van der Waals surface area (Å²) in [6.45, 7) is 7.12. The van der Waals surface area contributed by atoms with Crippen molar-refractivity contribution in [3.63, 3.8) is 0 Å². The Morgan fingerprint density at radius 1 is 1.30 bits per heavy atom. The van der Waals surface area contributed by atoms with Crippen molar-refractivity contribution in [1.82, 2.24) is 24.3 Å². The predicted octanol–water partition coefficient (Wildman–Crippen LogP) is 2.25. The van der Waals surface area contributed by atoms with Gasteiger partial charge in [0, 0.05) is 25.0 Å². The molecule has 0 bridgehead atoms. The molecule has 110 valence electrons. The van der Waals surface area contributed by atoms with E-state index in [0.717, 1.165) is 29.7 Å². The van der Waals surface area contributed by atoms with Crippen LogP contribution in [0.5, 0.6) is 0 Å². The summed E-state index contributed by atoms with van der Waals surface area (Å²) >= 11 is 1.61. The fourth-order valence-electron chi connectivity index (χ4n) is 2.05. The van der Waals surface area contributed by atoms with Crippen molar-refractivity contribution in [2.45, 2.75) is 57.3 Å². The van der Waals surface area contributed by atoms with Gasteiger partial charge in [0.05, 0.1) is 5.75 Å². The summed E-state index contributed by atoms with van der Waals surface area (Å²) in [4.78, 5) is 4.39. The number of hydrogen-bond acceptors (Lipinski definition) is 5. The molecule has 0 saturated heterocycles. The van der Waals surface area contributed by atoms with Crippen LogP contribution in [0.2, 0.25) is 0 Å². The Bertz CT molecular complexity index is 549. The van der Waals surface area contributed by atoms with Crippen molar-refractivity contribution in [3.05, 3.63) is 24.0 Å². The molecule has 0 amide bonds. The number of nitrogens with zero attached hydrogens (tertiary/aromatic N) is 5. The van der Waals surface area contributed by atoms with Gasteiger partial charge in [0.2, 0.25) is 0 Å².